The van der Waals surface area contributed by atoms with E-state index in [1.807, 2.05) is 29.2 Å². The summed E-state index contributed by atoms with van der Waals surface area (Å²) in [5, 5.41) is 0. The van der Waals surface area contributed by atoms with Crippen molar-refractivity contribution in [3.8, 4) is 5.75 Å². The number of nitrogens with two attached hydrogens (primary N) is 1. The van der Waals surface area contributed by atoms with Crippen LogP contribution in [0, 0.1) is 0 Å². The van der Waals surface area contributed by atoms with Gasteiger partial charge in [-0.05, 0) is 37.8 Å². The fraction of sp³-hybridized carbons (Fsp3) is 0.533. The molecule has 0 atom stereocenters. The lowest BCUT2D eigenvalue weighted by molar-refractivity contribution is -0.132. The predicted octanol–water partition coefficient (Wildman–Crippen LogP) is 2.44. The highest BCUT2D eigenvalue weighted by molar-refractivity contribution is 5.76. The summed E-state index contributed by atoms with van der Waals surface area (Å²) in [6, 6.07) is 7.43. The number of nitrogen functional groups attached to an aromatic ring is 1. The van der Waals surface area contributed by atoms with Gasteiger partial charge in [0.15, 0.2) is 0 Å². The van der Waals surface area contributed by atoms with Crippen molar-refractivity contribution in [2.75, 3.05) is 25.4 Å². The summed E-state index contributed by atoms with van der Waals surface area (Å²) in [4.78, 5) is 13.9. The smallest absolute Gasteiger partial charge is 0.222 e. The number of para-hydroxylation sites is 2. The minimum Gasteiger partial charge on any atom is -0.491 e. The zero-order chi connectivity index (χ0) is 13.5. The van der Waals surface area contributed by atoms with Crippen LogP contribution in [0.1, 0.15) is 32.1 Å². The molecule has 1 fully saturated rings. The van der Waals surface area contributed by atoms with Crippen LogP contribution in [0.15, 0.2) is 24.3 Å². The zero-order valence-electron chi connectivity index (χ0n) is 11.3. The maximum Gasteiger partial charge on any atom is 0.222 e. The van der Waals surface area contributed by atoms with Crippen molar-refractivity contribution in [3.05, 3.63) is 24.3 Å². The molecule has 2 N–H and O–H groups in total. The van der Waals surface area contributed by atoms with Gasteiger partial charge in [-0.25, -0.2) is 0 Å². The highest BCUT2D eigenvalue weighted by atomic mass is 16.5. The molecule has 0 bridgehead atoms. The summed E-state index contributed by atoms with van der Waals surface area (Å²) in [6.45, 7) is 2.38. The Hall–Kier alpha value is -1.71. The molecule has 0 radical (unpaired) electrons. The first-order chi connectivity index (χ1) is 9.27. The molecule has 1 aliphatic rings. The summed E-state index contributed by atoms with van der Waals surface area (Å²) in [5.74, 6) is 0.956. The van der Waals surface area contributed by atoms with Gasteiger partial charge in [0.05, 0.1) is 12.3 Å². The molecule has 4 heteroatoms. The van der Waals surface area contributed by atoms with Gasteiger partial charge in [-0.15, -0.1) is 0 Å². The first-order valence-corrected chi connectivity index (χ1v) is 7.02. The number of anilines is 1. The lowest BCUT2D eigenvalue weighted by atomic mass is 10.1. The number of amides is 1. The summed E-state index contributed by atoms with van der Waals surface area (Å²) < 4.78 is 5.58. The number of hydrogen-bond acceptors (Lipinski definition) is 3. The fourth-order valence-corrected chi connectivity index (χ4v) is 2.32. The molecule has 1 heterocycles. The third-order valence-electron chi connectivity index (χ3n) is 3.42. The number of nitrogens with zero attached hydrogens (tertiary/aromatic N) is 1. The number of piperidine rings is 1. The number of benzene rings is 1. The Labute approximate surface area is 114 Å². The van der Waals surface area contributed by atoms with Crippen molar-refractivity contribution in [1.82, 2.24) is 4.90 Å². The van der Waals surface area contributed by atoms with Crippen molar-refractivity contribution in [2.24, 2.45) is 0 Å². The maximum absolute atomic E-state index is 11.9. The lowest BCUT2D eigenvalue weighted by Crippen LogP contribution is -2.35. The summed E-state index contributed by atoms with van der Waals surface area (Å²) in [5.41, 5.74) is 6.42. The summed E-state index contributed by atoms with van der Waals surface area (Å²) in [7, 11) is 0. The van der Waals surface area contributed by atoms with Gasteiger partial charge in [0.25, 0.3) is 0 Å². The van der Waals surface area contributed by atoms with Crippen LogP contribution >= 0.6 is 0 Å². The average Bonchev–Trinajstić information content (AvgIpc) is 2.46. The third-order valence-corrected chi connectivity index (χ3v) is 3.42. The molecule has 4 nitrogen and oxygen atoms in total. The molecule has 1 aliphatic heterocycles. The number of carbonyl (C=O) groups excluding carboxylic acids is 1. The second-order valence-corrected chi connectivity index (χ2v) is 4.93. The summed E-state index contributed by atoms with van der Waals surface area (Å²) in [6.07, 6.45) is 4.84. The number of ether oxygens (including phenoxy) is 1. The van der Waals surface area contributed by atoms with E-state index in [9.17, 15) is 4.79 Å². The van der Waals surface area contributed by atoms with Gasteiger partial charge in [0.1, 0.15) is 5.75 Å². The van der Waals surface area contributed by atoms with Gasteiger partial charge in [-0.1, -0.05) is 12.1 Å². The van der Waals surface area contributed by atoms with E-state index in [1.54, 1.807) is 0 Å². The topological polar surface area (TPSA) is 55.6 Å². The SMILES string of the molecule is Nc1ccccc1OCCCC(=O)N1CCCCC1. The van der Waals surface area contributed by atoms with Crippen LogP contribution in [-0.4, -0.2) is 30.5 Å². The second-order valence-electron chi connectivity index (χ2n) is 4.93. The predicted molar refractivity (Wildman–Crippen MR) is 76.0 cm³/mol. The molecule has 19 heavy (non-hydrogen) atoms. The molecule has 1 saturated heterocycles. The van der Waals surface area contributed by atoms with Gasteiger partial charge in [-0.2, -0.15) is 0 Å². The van der Waals surface area contributed by atoms with Crippen molar-refractivity contribution >= 4 is 11.6 Å². The van der Waals surface area contributed by atoms with Crippen LogP contribution in [0.5, 0.6) is 5.75 Å². The van der Waals surface area contributed by atoms with Crippen molar-refractivity contribution in [2.45, 2.75) is 32.1 Å². The Morgan fingerprint density at radius 2 is 1.95 bits per heavy atom. The normalized spacial score (nSPS) is 15.3. The van der Waals surface area contributed by atoms with E-state index in [-0.39, 0.29) is 5.91 Å². The Bertz CT molecular complexity index is 414. The Morgan fingerprint density at radius 3 is 2.68 bits per heavy atom. The van der Waals surface area contributed by atoms with Crippen LogP contribution in [0.2, 0.25) is 0 Å². The van der Waals surface area contributed by atoms with E-state index in [0.29, 0.717) is 24.5 Å². The molecule has 1 amide bonds. The van der Waals surface area contributed by atoms with Gasteiger partial charge in [-0.3, -0.25) is 4.79 Å². The molecule has 0 spiro atoms. The van der Waals surface area contributed by atoms with Crippen LogP contribution in [-0.2, 0) is 4.79 Å². The standard InChI is InChI=1S/C15H22N2O2/c16-13-7-2-3-8-14(13)19-12-6-9-15(18)17-10-4-1-5-11-17/h2-3,7-8H,1,4-6,9-12,16H2. The number of rotatable bonds is 5. The Balaban J connectivity index is 1.66. The first-order valence-electron chi connectivity index (χ1n) is 7.02. The van der Waals surface area contributed by atoms with E-state index in [0.717, 1.165) is 32.4 Å². The fourth-order valence-electron chi connectivity index (χ4n) is 2.32. The van der Waals surface area contributed by atoms with E-state index in [2.05, 4.69) is 0 Å². The van der Waals surface area contributed by atoms with Crippen molar-refractivity contribution in [3.63, 3.8) is 0 Å². The molecular weight excluding hydrogens is 240 g/mol. The quantitative estimate of drug-likeness (QED) is 0.655. The van der Waals surface area contributed by atoms with Crippen LogP contribution in [0.25, 0.3) is 0 Å². The van der Waals surface area contributed by atoms with Crippen LogP contribution in [0.4, 0.5) is 5.69 Å². The van der Waals surface area contributed by atoms with Gasteiger partial charge in [0, 0.05) is 19.5 Å². The number of carbonyl (C=O) groups is 1. The van der Waals surface area contributed by atoms with Gasteiger partial charge >= 0.3 is 0 Å². The van der Waals surface area contributed by atoms with Crippen molar-refractivity contribution in [1.29, 1.82) is 0 Å². The highest BCUT2D eigenvalue weighted by Crippen LogP contribution is 2.20. The van der Waals surface area contributed by atoms with E-state index >= 15 is 0 Å². The molecule has 1 aromatic carbocycles. The van der Waals surface area contributed by atoms with Crippen LogP contribution in [0.3, 0.4) is 0 Å². The van der Waals surface area contributed by atoms with E-state index < -0.39 is 0 Å². The van der Waals surface area contributed by atoms with Gasteiger partial charge in [0.2, 0.25) is 5.91 Å². The number of likely N-dealkylation sites (tertiary alicyclic amines) is 1. The van der Waals surface area contributed by atoms with Crippen molar-refractivity contribution < 1.29 is 9.53 Å². The second kappa shape index (κ2) is 7.02. The minimum atomic E-state index is 0.254. The highest BCUT2D eigenvalue weighted by Gasteiger charge is 2.15. The third kappa shape index (κ3) is 4.16. The number of hydrogen-bond donors (Lipinski definition) is 1. The monoisotopic (exact) mass is 262 g/mol. The molecule has 0 unspecified atom stereocenters. The lowest BCUT2D eigenvalue weighted by Gasteiger charge is -2.26. The van der Waals surface area contributed by atoms with E-state index in [4.69, 9.17) is 10.5 Å². The zero-order valence-corrected chi connectivity index (χ0v) is 11.3. The Morgan fingerprint density at radius 1 is 1.21 bits per heavy atom. The average molecular weight is 262 g/mol. The first kappa shape index (κ1) is 13.7. The molecule has 0 aliphatic carbocycles. The maximum atomic E-state index is 11.9. The van der Waals surface area contributed by atoms with E-state index in [1.165, 1.54) is 6.42 Å². The molecule has 0 aromatic heterocycles. The molecule has 2 rings (SSSR count). The molecule has 104 valence electrons. The van der Waals surface area contributed by atoms with Crippen LogP contribution < -0.4 is 10.5 Å². The molecule has 0 saturated carbocycles. The summed E-state index contributed by atoms with van der Waals surface area (Å²) >= 11 is 0. The Kier molecular flexibility index (Phi) is 5.07. The minimum absolute atomic E-state index is 0.254. The van der Waals surface area contributed by atoms with Gasteiger partial charge < -0.3 is 15.4 Å². The molecular formula is C15H22N2O2. The molecule has 1 aromatic rings. The largest absolute Gasteiger partial charge is 0.491 e.